The summed E-state index contributed by atoms with van der Waals surface area (Å²) < 4.78 is 5.08. The van der Waals surface area contributed by atoms with Gasteiger partial charge in [-0.1, -0.05) is 23.3 Å². The van der Waals surface area contributed by atoms with Gasteiger partial charge in [-0.05, 0) is 58.0 Å². The maximum atomic E-state index is 12.5. The molecule has 0 atom stereocenters. The normalized spacial score (nSPS) is 15.1. The van der Waals surface area contributed by atoms with Crippen LogP contribution < -0.4 is 5.32 Å². The molecule has 0 bridgehead atoms. The van der Waals surface area contributed by atoms with Crippen LogP contribution in [0, 0.1) is 6.92 Å². The molecule has 0 saturated carbocycles. The van der Waals surface area contributed by atoms with Crippen LogP contribution in [0.1, 0.15) is 47.5 Å². The predicted octanol–water partition coefficient (Wildman–Crippen LogP) is 3.28. The first-order valence-corrected chi connectivity index (χ1v) is 10.2. The number of nitrogens with one attached hydrogen (secondary N) is 1. The standard InChI is InChI=1S/C19H26N4O2S/c1-15-13-16(22-25-15)14-26-19-17(7-5-8-21-19)18(24)20-9-6-12-23-10-3-2-4-11-23/h5,7-8,13H,2-4,6,9-12,14H2,1H3,(H,20,24). The Bertz CT molecular complexity index is 713. The van der Waals surface area contributed by atoms with Gasteiger partial charge in [-0.3, -0.25) is 4.79 Å². The van der Waals surface area contributed by atoms with Crippen LogP contribution in [0.5, 0.6) is 0 Å². The van der Waals surface area contributed by atoms with Gasteiger partial charge in [0.25, 0.3) is 5.91 Å². The molecular weight excluding hydrogens is 348 g/mol. The topological polar surface area (TPSA) is 71.3 Å². The number of amides is 1. The lowest BCUT2D eigenvalue weighted by atomic mass is 10.1. The Morgan fingerprint density at radius 1 is 1.35 bits per heavy atom. The van der Waals surface area contributed by atoms with Gasteiger partial charge in [-0.2, -0.15) is 0 Å². The Hall–Kier alpha value is -1.86. The van der Waals surface area contributed by atoms with Crippen molar-refractivity contribution in [3.8, 4) is 0 Å². The molecule has 0 spiro atoms. The van der Waals surface area contributed by atoms with Gasteiger partial charge in [-0.25, -0.2) is 4.98 Å². The van der Waals surface area contributed by atoms with E-state index in [2.05, 4.69) is 20.4 Å². The molecule has 0 unspecified atom stereocenters. The molecule has 0 aliphatic carbocycles. The second-order valence-corrected chi connectivity index (χ2v) is 7.55. The number of rotatable bonds is 8. The molecule has 6 nitrogen and oxygen atoms in total. The molecule has 0 aromatic carbocycles. The van der Waals surface area contributed by atoms with E-state index in [9.17, 15) is 4.79 Å². The second kappa shape index (κ2) is 9.73. The molecule has 1 N–H and O–H groups in total. The van der Waals surface area contributed by atoms with E-state index in [0.717, 1.165) is 29.4 Å². The highest BCUT2D eigenvalue weighted by atomic mass is 32.2. The molecule has 1 aliphatic heterocycles. The molecule has 26 heavy (non-hydrogen) atoms. The minimum absolute atomic E-state index is 0.0597. The summed E-state index contributed by atoms with van der Waals surface area (Å²) >= 11 is 1.50. The van der Waals surface area contributed by atoms with Crippen LogP contribution in [-0.4, -0.2) is 47.1 Å². The smallest absolute Gasteiger partial charge is 0.254 e. The number of piperidine rings is 1. The number of hydrogen-bond donors (Lipinski definition) is 1. The number of thioether (sulfide) groups is 1. The summed E-state index contributed by atoms with van der Waals surface area (Å²) in [4.78, 5) is 19.4. The van der Waals surface area contributed by atoms with Crippen LogP contribution in [-0.2, 0) is 5.75 Å². The van der Waals surface area contributed by atoms with E-state index >= 15 is 0 Å². The maximum Gasteiger partial charge on any atom is 0.254 e. The third-order valence-electron chi connectivity index (χ3n) is 4.43. The molecule has 0 radical (unpaired) electrons. The molecule has 140 valence electrons. The van der Waals surface area contributed by atoms with E-state index in [1.165, 1.54) is 44.1 Å². The molecule has 2 aromatic heterocycles. The van der Waals surface area contributed by atoms with Gasteiger partial charge in [-0.15, -0.1) is 0 Å². The molecule has 1 aliphatic rings. The van der Waals surface area contributed by atoms with Crippen LogP contribution in [0.4, 0.5) is 0 Å². The van der Waals surface area contributed by atoms with Gasteiger partial charge in [0.1, 0.15) is 10.8 Å². The molecule has 7 heteroatoms. The van der Waals surface area contributed by atoms with Crippen molar-refractivity contribution in [2.24, 2.45) is 0 Å². The summed E-state index contributed by atoms with van der Waals surface area (Å²) in [5.74, 6) is 1.35. The number of hydrogen-bond acceptors (Lipinski definition) is 6. The van der Waals surface area contributed by atoms with Gasteiger partial charge in [0.15, 0.2) is 0 Å². The number of pyridine rings is 1. The molecule has 1 saturated heterocycles. The Kier molecular flexibility index (Phi) is 7.08. The van der Waals surface area contributed by atoms with E-state index in [0.29, 0.717) is 17.9 Å². The number of aryl methyl sites for hydroxylation is 1. The molecular formula is C19H26N4O2S. The average molecular weight is 375 g/mol. The van der Waals surface area contributed by atoms with E-state index < -0.39 is 0 Å². The SMILES string of the molecule is Cc1cc(CSc2ncccc2C(=O)NCCCN2CCCCC2)no1. The summed E-state index contributed by atoms with van der Waals surface area (Å²) in [5, 5.41) is 7.73. The minimum atomic E-state index is -0.0597. The van der Waals surface area contributed by atoms with E-state index in [-0.39, 0.29) is 5.91 Å². The van der Waals surface area contributed by atoms with Gasteiger partial charge < -0.3 is 14.7 Å². The van der Waals surface area contributed by atoms with Crippen molar-refractivity contribution in [1.29, 1.82) is 0 Å². The van der Waals surface area contributed by atoms with Crippen molar-refractivity contribution in [2.75, 3.05) is 26.2 Å². The first kappa shape index (κ1) is 18.9. The molecule has 1 fully saturated rings. The third kappa shape index (κ3) is 5.57. The highest BCUT2D eigenvalue weighted by Crippen LogP contribution is 2.24. The number of carbonyl (C=O) groups excluding carboxylic acids is 1. The summed E-state index contributed by atoms with van der Waals surface area (Å²) in [6.45, 7) is 6.00. The number of carbonyl (C=O) groups is 1. The Morgan fingerprint density at radius 2 is 2.19 bits per heavy atom. The second-order valence-electron chi connectivity index (χ2n) is 6.59. The first-order chi connectivity index (χ1) is 12.7. The number of nitrogens with zero attached hydrogens (tertiary/aromatic N) is 3. The van der Waals surface area contributed by atoms with Crippen molar-refractivity contribution in [2.45, 2.75) is 43.4 Å². The summed E-state index contributed by atoms with van der Waals surface area (Å²) in [5.41, 5.74) is 1.47. The number of likely N-dealkylation sites (tertiary alicyclic amines) is 1. The summed E-state index contributed by atoms with van der Waals surface area (Å²) in [6, 6.07) is 5.52. The molecule has 1 amide bonds. The molecule has 3 rings (SSSR count). The maximum absolute atomic E-state index is 12.5. The Labute approximate surface area is 158 Å². The monoisotopic (exact) mass is 374 g/mol. The van der Waals surface area contributed by atoms with Crippen LogP contribution in [0.3, 0.4) is 0 Å². The first-order valence-electron chi connectivity index (χ1n) is 9.23. The van der Waals surface area contributed by atoms with Crippen LogP contribution in [0.25, 0.3) is 0 Å². The van der Waals surface area contributed by atoms with Crippen LogP contribution >= 0.6 is 11.8 Å². The molecule has 2 aromatic rings. The lowest BCUT2D eigenvalue weighted by Crippen LogP contribution is -2.33. The van der Waals surface area contributed by atoms with Crippen molar-refractivity contribution < 1.29 is 9.32 Å². The van der Waals surface area contributed by atoms with Crippen molar-refractivity contribution >= 4 is 17.7 Å². The fourth-order valence-corrected chi connectivity index (χ4v) is 3.96. The highest BCUT2D eigenvalue weighted by molar-refractivity contribution is 7.98. The fourth-order valence-electron chi connectivity index (χ4n) is 3.09. The predicted molar refractivity (Wildman–Crippen MR) is 102 cm³/mol. The summed E-state index contributed by atoms with van der Waals surface area (Å²) in [7, 11) is 0. The van der Waals surface area contributed by atoms with Crippen molar-refractivity contribution in [3.63, 3.8) is 0 Å². The van der Waals surface area contributed by atoms with Crippen LogP contribution in [0.15, 0.2) is 33.9 Å². The van der Waals surface area contributed by atoms with Gasteiger partial charge >= 0.3 is 0 Å². The average Bonchev–Trinajstić information content (AvgIpc) is 3.10. The molecule has 3 heterocycles. The van der Waals surface area contributed by atoms with Crippen molar-refractivity contribution in [1.82, 2.24) is 20.4 Å². The van der Waals surface area contributed by atoms with E-state index in [1.54, 1.807) is 12.3 Å². The Balaban J connectivity index is 1.47. The summed E-state index contributed by atoms with van der Waals surface area (Å²) in [6.07, 6.45) is 6.64. The fraction of sp³-hybridized carbons (Fsp3) is 0.526. The van der Waals surface area contributed by atoms with Gasteiger partial charge in [0, 0.05) is 24.6 Å². The quantitative estimate of drug-likeness (QED) is 0.565. The number of aromatic nitrogens is 2. The van der Waals surface area contributed by atoms with Gasteiger partial charge in [0.2, 0.25) is 0 Å². The zero-order valence-electron chi connectivity index (χ0n) is 15.2. The lowest BCUT2D eigenvalue weighted by Gasteiger charge is -2.26. The zero-order chi connectivity index (χ0) is 18.2. The highest BCUT2D eigenvalue weighted by Gasteiger charge is 2.14. The Morgan fingerprint density at radius 3 is 2.96 bits per heavy atom. The third-order valence-corrected chi connectivity index (χ3v) is 5.47. The van der Waals surface area contributed by atoms with Crippen LogP contribution in [0.2, 0.25) is 0 Å². The van der Waals surface area contributed by atoms with E-state index in [4.69, 9.17) is 4.52 Å². The minimum Gasteiger partial charge on any atom is -0.361 e. The van der Waals surface area contributed by atoms with Crippen molar-refractivity contribution in [3.05, 3.63) is 41.4 Å². The zero-order valence-corrected chi connectivity index (χ0v) is 16.1. The van der Waals surface area contributed by atoms with E-state index in [1.807, 2.05) is 19.1 Å². The lowest BCUT2D eigenvalue weighted by molar-refractivity contribution is 0.0947. The largest absolute Gasteiger partial charge is 0.361 e. The van der Waals surface area contributed by atoms with Gasteiger partial charge in [0.05, 0.1) is 11.3 Å².